The van der Waals surface area contributed by atoms with Gasteiger partial charge in [0.1, 0.15) is 11.7 Å². The summed E-state index contributed by atoms with van der Waals surface area (Å²) in [5.41, 5.74) is 0.776. The highest BCUT2D eigenvalue weighted by molar-refractivity contribution is 5.95. The average Bonchev–Trinajstić information content (AvgIpc) is 2.61. The molecular weight excluding hydrogens is 314 g/mol. The second-order valence-electron chi connectivity index (χ2n) is 4.89. The van der Waals surface area contributed by atoms with E-state index in [0.29, 0.717) is 5.56 Å². The van der Waals surface area contributed by atoms with E-state index in [9.17, 15) is 19.7 Å². The summed E-state index contributed by atoms with van der Waals surface area (Å²) in [6.07, 6.45) is 1.61. The molecule has 1 N–H and O–H groups in total. The number of pyridine rings is 1. The molecule has 0 aliphatic rings. The fourth-order valence-corrected chi connectivity index (χ4v) is 2.05. The first-order chi connectivity index (χ1) is 11.5. The Labute approximate surface area is 137 Å². The minimum absolute atomic E-state index is 0.0501. The van der Waals surface area contributed by atoms with E-state index in [1.807, 2.05) is 0 Å². The van der Waals surface area contributed by atoms with Gasteiger partial charge in [-0.25, -0.2) is 4.79 Å². The lowest BCUT2D eigenvalue weighted by atomic mass is 10.1. The minimum atomic E-state index is -0.925. The van der Waals surface area contributed by atoms with Gasteiger partial charge in [-0.2, -0.15) is 0 Å². The molecular formula is C16H15N3O5. The van der Waals surface area contributed by atoms with Crippen LogP contribution in [-0.2, 0) is 16.0 Å². The third-order valence-electron chi connectivity index (χ3n) is 3.28. The molecule has 24 heavy (non-hydrogen) atoms. The van der Waals surface area contributed by atoms with Crippen LogP contribution in [0.4, 0.5) is 5.69 Å². The predicted molar refractivity (Wildman–Crippen MR) is 84.3 cm³/mol. The number of carbonyl (C=O) groups excluding carboxylic acids is 2. The van der Waals surface area contributed by atoms with Crippen molar-refractivity contribution in [1.29, 1.82) is 0 Å². The van der Waals surface area contributed by atoms with Crippen molar-refractivity contribution in [3.05, 3.63) is 70.0 Å². The molecule has 8 nitrogen and oxygen atoms in total. The first kappa shape index (κ1) is 17.1. The number of methoxy groups -OCH3 is 1. The molecule has 1 atom stereocenters. The molecule has 1 amide bonds. The van der Waals surface area contributed by atoms with E-state index in [0.717, 1.165) is 0 Å². The number of carbonyl (C=O) groups is 2. The normalized spacial score (nSPS) is 11.4. The maximum absolute atomic E-state index is 12.1. The van der Waals surface area contributed by atoms with E-state index in [2.05, 4.69) is 10.3 Å². The fourth-order valence-electron chi connectivity index (χ4n) is 2.05. The number of benzene rings is 1. The number of aromatic nitrogens is 1. The molecule has 124 valence electrons. The summed E-state index contributed by atoms with van der Waals surface area (Å²) in [4.78, 5) is 38.1. The molecule has 1 aromatic carbocycles. The lowest BCUT2D eigenvalue weighted by Gasteiger charge is -2.16. The van der Waals surface area contributed by atoms with Crippen LogP contribution in [0, 0.1) is 10.1 Å². The molecule has 2 aromatic rings. The number of nitrogens with zero attached hydrogens (tertiary/aromatic N) is 2. The average molecular weight is 329 g/mol. The van der Waals surface area contributed by atoms with Gasteiger partial charge in [-0.3, -0.25) is 19.9 Å². The third-order valence-corrected chi connectivity index (χ3v) is 3.28. The van der Waals surface area contributed by atoms with Crippen molar-refractivity contribution in [3.63, 3.8) is 0 Å². The van der Waals surface area contributed by atoms with Crippen molar-refractivity contribution in [1.82, 2.24) is 10.3 Å². The molecule has 2 rings (SSSR count). The molecule has 0 spiro atoms. The van der Waals surface area contributed by atoms with Crippen LogP contribution in [-0.4, -0.2) is 34.9 Å². The number of nitro benzene ring substituents is 1. The van der Waals surface area contributed by atoms with Gasteiger partial charge < -0.3 is 10.1 Å². The van der Waals surface area contributed by atoms with Gasteiger partial charge in [0.05, 0.1) is 12.0 Å². The van der Waals surface area contributed by atoms with Crippen LogP contribution in [0.2, 0.25) is 0 Å². The van der Waals surface area contributed by atoms with Crippen molar-refractivity contribution in [2.45, 2.75) is 12.5 Å². The van der Waals surface area contributed by atoms with Gasteiger partial charge in [0.25, 0.3) is 11.6 Å². The summed E-state index contributed by atoms with van der Waals surface area (Å²) in [7, 11) is 1.22. The smallest absolute Gasteiger partial charge is 0.328 e. The van der Waals surface area contributed by atoms with Crippen LogP contribution in [0.25, 0.3) is 0 Å². The number of ether oxygens (including phenoxy) is 1. The van der Waals surface area contributed by atoms with Crippen LogP contribution < -0.4 is 5.32 Å². The number of esters is 1. The van der Waals surface area contributed by atoms with E-state index in [-0.39, 0.29) is 17.8 Å². The van der Waals surface area contributed by atoms with Gasteiger partial charge in [-0.15, -0.1) is 0 Å². The van der Waals surface area contributed by atoms with Crippen LogP contribution in [0.3, 0.4) is 0 Å². The van der Waals surface area contributed by atoms with E-state index >= 15 is 0 Å². The molecule has 1 heterocycles. The highest BCUT2D eigenvalue weighted by atomic mass is 16.6. The second kappa shape index (κ2) is 7.82. The summed E-state index contributed by atoms with van der Waals surface area (Å²) < 4.78 is 4.70. The second-order valence-corrected chi connectivity index (χ2v) is 4.89. The Kier molecular flexibility index (Phi) is 5.56. The zero-order valence-corrected chi connectivity index (χ0v) is 12.8. The Balaban J connectivity index is 2.12. The van der Waals surface area contributed by atoms with Crippen LogP contribution in [0.15, 0.2) is 48.7 Å². The quantitative estimate of drug-likeness (QED) is 0.488. The predicted octanol–water partition coefficient (Wildman–Crippen LogP) is 1.50. The van der Waals surface area contributed by atoms with E-state index in [1.54, 1.807) is 12.1 Å². The summed E-state index contributed by atoms with van der Waals surface area (Å²) in [6, 6.07) is 9.66. The number of nitro groups is 1. The van der Waals surface area contributed by atoms with Gasteiger partial charge >= 0.3 is 5.97 Å². The van der Waals surface area contributed by atoms with Gasteiger partial charge in [-0.05, 0) is 17.7 Å². The topological polar surface area (TPSA) is 111 Å². The first-order valence-electron chi connectivity index (χ1n) is 7.04. The Morgan fingerprint density at radius 1 is 1.25 bits per heavy atom. The van der Waals surface area contributed by atoms with E-state index < -0.39 is 22.8 Å². The van der Waals surface area contributed by atoms with Crippen molar-refractivity contribution >= 4 is 17.6 Å². The van der Waals surface area contributed by atoms with Gasteiger partial charge in [-0.1, -0.05) is 18.2 Å². The van der Waals surface area contributed by atoms with Gasteiger partial charge in [0.15, 0.2) is 0 Å². The Morgan fingerprint density at radius 3 is 2.50 bits per heavy atom. The highest BCUT2D eigenvalue weighted by Crippen LogP contribution is 2.13. The van der Waals surface area contributed by atoms with Crippen LogP contribution in [0.1, 0.15) is 16.1 Å². The lowest BCUT2D eigenvalue weighted by Crippen LogP contribution is -2.43. The third kappa shape index (κ3) is 4.35. The Morgan fingerprint density at radius 2 is 1.96 bits per heavy atom. The standard InChI is InChI=1S/C16H15N3O5/c1-24-16(21)14(18-15(20)13-4-2-3-9-17-13)10-11-5-7-12(8-6-11)19(22)23/h2-9,14H,10H2,1H3,(H,18,20)/t14-/m1/s1. The summed E-state index contributed by atoms with van der Waals surface area (Å²) in [5.74, 6) is -1.12. The van der Waals surface area contributed by atoms with Gasteiger partial charge in [0.2, 0.25) is 0 Å². The number of hydrogen-bond donors (Lipinski definition) is 1. The highest BCUT2D eigenvalue weighted by Gasteiger charge is 2.23. The van der Waals surface area contributed by atoms with Crippen LogP contribution in [0.5, 0.6) is 0 Å². The summed E-state index contributed by atoms with van der Waals surface area (Å²) >= 11 is 0. The molecule has 8 heteroatoms. The molecule has 0 unspecified atom stereocenters. The molecule has 0 saturated carbocycles. The van der Waals surface area contributed by atoms with E-state index in [1.165, 1.54) is 43.6 Å². The zero-order valence-electron chi connectivity index (χ0n) is 12.8. The molecule has 0 saturated heterocycles. The number of hydrogen-bond acceptors (Lipinski definition) is 6. The molecule has 0 aliphatic heterocycles. The van der Waals surface area contributed by atoms with Crippen molar-refractivity contribution < 1.29 is 19.2 Å². The molecule has 0 fully saturated rings. The lowest BCUT2D eigenvalue weighted by molar-refractivity contribution is -0.384. The minimum Gasteiger partial charge on any atom is -0.467 e. The van der Waals surface area contributed by atoms with Crippen molar-refractivity contribution in [3.8, 4) is 0 Å². The SMILES string of the molecule is COC(=O)[C@@H](Cc1ccc([N+](=O)[O-])cc1)NC(=O)c1ccccn1. The largest absolute Gasteiger partial charge is 0.467 e. The number of amides is 1. The Hall–Kier alpha value is -3.29. The molecule has 1 aromatic heterocycles. The summed E-state index contributed by atoms with van der Waals surface area (Å²) in [6.45, 7) is 0. The number of nitrogens with one attached hydrogen (secondary N) is 1. The van der Waals surface area contributed by atoms with E-state index in [4.69, 9.17) is 4.74 Å². The molecule has 0 bridgehead atoms. The summed E-state index contributed by atoms with van der Waals surface area (Å²) in [5, 5.41) is 13.2. The van der Waals surface area contributed by atoms with Crippen molar-refractivity contribution in [2.24, 2.45) is 0 Å². The maximum Gasteiger partial charge on any atom is 0.328 e. The number of rotatable bonds is 6. The Bertz CT molecular complexity index is 731. The van der Waals surface area contributed by atoms with Crippen LogP contribution >= 0.6 is 0 Å². The first-order valence-corrected chi connectivity index (χ1v) is 7.04. The maximum atomic E-state index is 12.1. The monoisotopic (exact) mass is 329 g/mol. The van der Waals surface area contributed by atoms with Crippen molar-refractivity contribution in [2.75, 3.05) is 7.11 Å². The molecule has 0 aliphatic carbocycles. The fraction of sp³-hybridized carbons (Fsp3) is 0.188. The zero-order chi connectivity index (χ0) is 17.5. The van der Waals surface area contributed by atoms with Gasteiger partial charge in [0, 0.05) is 24.8 Å². The molecule has 0 radical (unpaired) electrons. The number of non-ortho nitro benzene ring substituents is 1.